The van der Waals surface area contributed by atoms with Crippen LogP contribution < -0.4 is 5.32 Å². The van der Waals surface area contributed by atoms with Gasteiger partial charge in [0.15, 0.2) is 5.78 Å². The summed E-state index contributed by atoms with van der Waals surface area (Å²) in [4.78, 5) is 27.7. The number of anilines is 1. The van der Waals surface area contributed by atoms with Gasteiger partial charge in [0.1, 0.15) is 0 Å². The number of Topliss-reactive ketones (excluding diaryl/α,β-unsaturated/α-hetero) is 1. The second kappa shape index (κ2) is 11.9. The predicted molar refractivity (Wildman–Crippen MR) is 146 cm³/mol. The molecule has 3 aromatic carbocycles. The van der Waals surface area contributed by atoms with Gasteiger partial charge in [0.25, 0.3) is 5.89 Å². The van der Waals surface area contributed by atoms with Crippen LogP contribution in [0.25, 0.3) is 22.8 Å². The van der Waals surface area contributed by atoms with E-state index < -0.39 is 5.97 Å². The van der Waals surface area contributed by atoms with E-state index >= 15 is 0 Å². The van der Waals surface area contributed by atoms with Gasteiger partial charge in [-0.2, -0.15) is 4.98 Å². The lowest BCUT2D eigenvalue weighted by atomic mass is 9.90. The Labute approximate surface area is 221 Å². The smallest absolute Gasteiger partial charge is 0.303 e. The van der Waals surface area contributed by atoms with Crippen molar-refractivity contribution in [3.8, 4) is 22.8 Å². The number of rotatable bonds is 11. The minimum absolute atomic E-state index is 0.00808. The molecule has 1 aliphatic carbocycles. The molecule has 0 saturated heterocycles. The van der Waals surface area contributed by atoms with Crippen molar-refractivity contribution in [1.82, 2.24) is 10.1 Å². The van der Waals surface area contributed by atoms with E-state index in [0.717, 1.165) is 16.8 Å². The summed E-state index contributed by atoms with van der Waals surface area (Å²) in [6, 6.07) is 25.7. The lowest BCUT2D eigenvalue weighted by Gasteiger charge is -2.26. The number of aromatic nitrogens is 2. The average Bonchev–Trinajstić information content (AvgIpc) is 3.66. The Balaban J connectivity index is 1.29. The summed E-state index contributed by atoms with van der Waals surface area (Å²) in [5.41, 5.74) is 4.55. The van der Waals surface area contributed by atoms with E-state index in [9.17, 15) is 9.59 Å². The number of carboxylic acids is 1. The van der Waals surface area contributed by atoms with Gasteiger partial charge in [-0.3, -0.25) is 9.59 Å². The summed E-state index contributed by atoms with van der Waals surface area (Å²) < 4.78 is 5.48. The van der Waals surface area contributed by atoms with Gasteiger partial charge in [0, 0.05) is 35.2 Å². The molecule has 38 heavy (non-hydrogen) atoms. The highest BCUT2D eigenvalue weighted by atomic mass is 16.5. The van der Waals surface area contributed by atoms with Crippen LogP contribution in [0.4, 0.5) is 5.69 Å². The third-order valence-corrected chi connectivity index (χ3v) is 7.17. The van der Waals surface area contributed by atoms with Crippen molar-refractivity contribution in [2.24, 2.45) is 5.92 Å². The number of carboxylic acid groups (broad SMARTS) is 1. The molecule has 1 fully saturated rings. The minimum atomic E-state index is -0.877. The van der Waals surface area contributed by atoms with E-state index in [1.165, 1.54) is 31.2 Å². The van der Waals surface area contributed by atoms with Crippen molar-refractivity contribution in [2.45, 2.75) is 51.0 Å². The third-order valence-electron chi connectivity index (χ3n) is 7.17. The molecule has 194 valence electrons. The van der Waals surface area contributed by atoms with Crippen molar-refractivity contribution < 1.29 is 19.2 Å². The largest absolute Gasteiger partial charge is 0.481 e. The van der Waals surface area contributed by atoms with Crippen molar-refractivity contribution in [3.63, 3.8) is 0 Å². The lowest BCUT2D eigenvalue weighted by molar-refractivity contribution is -0.137. The Morgan fingerprint density at radius 2 is 1.61 bits per heavy atom. The van der Waals surface area contributed by atoms with Gasteiger partial charge in [-0.25, -0.2) is 0 Å². The molecular weight excluding hydrogens is 478 g/mol. The molecule has 5 rings (SSSR count). The first kappa shape index (κ1) is 25.4. The van der Waals surface area contributed by atoms with E-state index in [2.05, 4.69) is 27.6 Å². The second-order valence-electron chi connectivity index (χ2n) is 9.83. The molecule has 1 aromatic heterocycles. The quantitative estimate of drug-likeness (QED) is 0.206. The second-order valence-corrected chi connectivity index (χ2v) is 9.83. The number of benzene rings is 3. The fourth-order valence-electron chi connectivity index (χ4n) is 5.12. The number of ketones is 1. The number of hydrogen-bond acceptors (Lipinski definition) is 6. The molecule has 1 saturated carbocycles. The molecule has 0 bridgehead atoms. The molecular formula is C31H31N3O4. The van der Waals surface area contributed by atoms with Crippen molar-refractivity contribution in [3.05, 3.63) is 90.0 Å². The molecule has 1 aliphatic rings. The van der Waals surface area contributed by atoms with Crippen molar-refractivity contribution >= 4 is 17.4 Å². The number of nitrogens with one attached hydrogen (secondary N) is 1. The predicted octanol–water partition coefficient (Wildman–Crippen LogP) is 7.18. The first-order chi connectivity index (χ1) is 18.6. The molecule has 1 heterocycles. The Morgan fingerprint density at radius 1 is 0.895 bits per heavy atom. The number of hydrogen-bond donors (Lipinski definition) is 2. The minimum Gasteiger partial charge on any atom is -0.481 e. The van der Waals surface area contributed by atoms with Gasteiger partial charge in [0.05, 0.1) is 6.04 Å². The SMILES string of the molecule is O=C(O)CCCC(=O)c1ccc(NC(c2ccc(-c3noc(-c4ccccc4)n3)cc2)C2CCCC2)cc1. The maximum atomic E-state index is 12.4. The molecule has 0 spiro atoms. The third kappa shape index (κ3) is 6.17. The highest BCUT2D eigenvalue weighted by Crippen LogP contribution is 2.38. The Morgan fingerprint density at radius 3 is 2.29 bits per heavy atom. The normalized spacial score (nSPS) is 14.3. The van der Waals surface area contributed by atoms with Gasteiger partial charge in [0.2, 0.25) is 5.82 Å². The first-order valence-corrected chi connectivity index (χ1v) is 13.2. The summed E-state index contributed by atoms with van der Waals surface area (Å²) in [7, 11) is 0. The van der Waals surface area contributed by atoms with Gasteiger partial charge in [-0.1, -0.05) is 60.5 Å². The van der Waals surface area contributed by atoms with E-state index in [-0.39, 0.29) is 24.7 Å². The highest BCUT2D eigenvalue weighted by Gasteiger charge is 2.26. The van der Waals surface area contributed by atoms with Gasteiger partial charge in [-0.15, -0.1) is 0 Å². The molecule has 7 heteroatoms. The van der Waals surface area contributed by atoms with Gasteiger partial charge in [-0.05, 0) is 67.1 Å². The van der Waals surface area contributed by atoms with Crippen LogP contribution in [-0.2, 0) is 4.79 Å². The molecule has 1 unspecified atom stereocenters. The summed E-state index contributed by atoms with van der Waals surface area (Å²) >= 11 is 0. The number of carbonyl (C=O) groups excluding carboxylic acids is 1. The molecule has 0 radical (unpaired) electrons. The van der Waals surface area contributed by atoms with Crippen LogP contribution >= 0.6 is 0 Å². The van der Waals surface area contributed by atoms with Crippen LogP contribution in [0.2, 0.25) is 0 Å². The summed E-state index contributed by atoms with van der Waals surface area (Å²) in [6.45, 7) is 0. The summed E-state index contributed by atoms with van der Waals surface area (Å²) in [6.07, 6.45) is 5.41. The topological polar surface area (TPSA) is 105 Å². The fourth-order valence-corrected chi connectivity index (χ4v) is 5.12. The lowest BCUT2D eigenvalue weighted by Crippen LogP contribution is -2.19. The molecule has 2 N–H and O–H groups in total. The molecule has 1 atom stereocenters. The number of nitrogens with zero attached hydrogens (tertiary/aromatic N) is 2. The maximum Gasteiger partial charge on any atom is 0.303 e. The molecule has 0 amide bonds. The fraction of sp³-hybridized carbons (Fsp3) is 0.290. The Kier molecular flexibility index (Phi) is 7.92. The van der Waals surface area contributed by atoms with Gasteiger partial charge < -0.3 is 14.9 Å². The first-order valence-electron chi connectivity index (χ1n) is 13.2. The van der Waals surface area contributed by atoms with E-state index in [0.29, 0.717) is 29.6 Å². The summed E-state index contributed by atoms with van der Waals surface area (Å²) in [5, 5.41) is 16.7. The van der Waals surface area contributed by atoms with Crippen LogP contribution in [0.15, 0.2) is 83.4 Å². The van der Waals surface area contributed by atoms with E-state index in [4.69, 9.17) is 9.63 Å². The van der Waals surface area contributed by atoms with Crippen molar-refractivity contribution in [1.29, 1.82) is 0 Å². The van der Waals surface area contributed by atoms with Crippen LogP contribution in [0.5, 0.6) is 0 Å². The van der Waals surface area contributed by atoms with Gasteiger partial charge >= 0.3 is 5.97 Å². The van der Waals surface area contributed by atoms with E-state index in [1.807, 2.05) is 66.7 Å². The monoisotopic (exact) mass is 509 g/mol. The standard InChI is InChI=1S/C31H31N3O4/c35-27(11-6-12-28(36)37)21-17-19-26(20-18-21)32-29(22-7-4-5-8-22)23-13-15-24(16-14-23)30-33-31(38-34-30)25-9-2-1-3-10-25/h1-3,9-10,13-20,22,29,32H,4-8,11-12H2,(H,36,37). The van der Waals surface area contributed by atoms with Crippen LogP contribution in [0.1, 0.15) is 66.9 Å². The average molecular weight is 510 g/mol. The zero-order chi connectivity index (χ0) is 26.3. The Hall–Kier alpha value is -4.26. The van der Waals surface area contributed by atoms with Crippen LogP contribution in [0.3, 0.4) is 0 Å². The number of aliphatic carboxylic acids is 1. The molecule has 4 aromatic rings. The zero-order valence-corrected chi connectivity index (χ0v) is 21.2. The van der Waals surface area contributed by atoms with Crippen molar-refractivity contribution in [2.75, 3.05) is 5.32 Å². The summed E-state index contributed by atoms with van der Waals surface area (Å²) in [5.74, 6) is 0.673. The van der Waals surface area contributed by atoms with E-state index in [1.54, 1.807) is 0 Å². The van der Waals surface area contributed by atoms with Crippen LogP contribution in [-0.4, -0.2) is 27.0 Å². The Bertz CT molecular complexity index is 1360. The number of carbonyl (C=O) groups is 2. The van der Waals surface area contributed by atoms with Crippen LogP contribution in [0, 0.1) is 5.92 Å². The highest BCUT2D eigenvalue weighted by molar-refractivity contribution is 5.96. The molecule has 7 nitrogen and oxygen atoms in total. The molecule has 0 aliphatic heterocycles. The zero-order valence-electron chi connectivity index (χ0n) is 21.2. The maximum absolute atomic E-state index is 12.4.